The van der Waals surface area contributed by atoms with Gasteiger partial charge in [0, 0.05) is 11.4 Å². The lowest BCUT2D eigenvalue weighted by atomic mass is 9.87. The van der Waals surface area contributed by atoms with Crippen LogP contribution >= 0.6 is 0 Å². The van der Waals surface area contributed by atoms with Gasteiger partial charge < -0.3 is 10.1 Å². The minimum absolute atomic E-state index is 0.0318. The van der Waals surface area contributed by atoms with E-state index in [1.165, 1.54) is 0 Å². The maximum absolute atomic E-state index is 12.3. The van der Waals surface area contributed by atoms with E-state index in [-0.39, 0.29) is 11.0 Å². The molecule has 1 amide bonds. The average molecular weight is 388 g/mol. The molecule has 5 nitrogen and oxygen atoms in total. The van der Waals surface area contributed by atoms with Crippen LogP contribution in [-0.4, -0.2) is 28.4 Å². The SMILES string of the molecule is CC[S@](=O)c1ccccc1C(=O)OCC(=O)Nc1ccc(C(C)(C)C)cc1. The quantitative estimate of drug-likeness (QED) is 0.763. The fraction of sp³-hybridized carbons (Fsp3) is 0.333. The lowest BCUT2D eigenvalue weighted by molar-refractivity contribution is -0.119. The number of hydrogen-bond acceptors (Lipinski definition) is 4. The summed E-state index contributed by atoms with van der Waals surface area (Å²) in [5, 5.41) is 2.70. The Bertz CT molecular complexity index is 838. The number of ether oxygens (including phenoxy) is 1. The third-order valence-corrected chi connectivity index (χ3v) is 5.35. The van der Waals surface area contributed by atoms with Gasteiger partial charge in [-0.3, -0.25) is 9.00 Å². The Hall–Kier alpha value is -2.47. The lowest BCUT2D eigenvalue weighted by Crippen LogP contribution is -2.21. The molecule has 27 heavy (non-hydrogen) atoms. The highest BCUT2D eigenvalue weighted by Crippen LogP contribution is 2.23. The van der Waals surface area contributed by atoms with Crippen LogP contribution in [0.3, 0.4) is 0 Å². The van der Waals surface area contributed by atoms with E-state index in [4.69, 9.17) is 4.74 Å². The van der Waals surface area contributed by atoms with E-state index in [0.717, 1.165) is 5.56 Å². The summed E-state index contributed by atoms with van der Waals surface area (Å²) < 4.78 is 17.1. The average Bonchev–Trinajstić information content (AvgIpc) is 2.65. The van der Waals surface area contributed by atoms with Crippen LogP contribution < -0.4 is 5.32 Å². The molecule has 1 N–H and O–H groups in total. The molecule has 0 aliphatic rings. The Morgan fingerprint density at radius 1 is 1.04 bits per heavy atom. The zero-order valence-corrected chi connectivity index (χ0v) is 16.9. The molecule has 2 aromatic carbocycles. The van der Waals surface area contributed by atoms with Gasteiger partial charge in [0.05, 0.1) is 21.3 Å². The fourth-order valence-electron chi connectivity index (χ4n) is 2.45. The van der Waals surface area contributed by atoms with Gasteiger partial charge in [-0.2, -0.15) is 0 Å². The standard InChI is InChI=1S/C21H25NO4S/c1-5-27(25)18-9-7-6-8-17(18)20(24)26-14-19(23)22-16-12-10-15(11-13-16)21(2,3)4/h6-13H,5,14H2,1-4H3,(H,22,23)/t27-/m0/s1. The van der Waals surface area contributed by atoms with Crippen molar-refractivity contribution in [3.8, 4) is 0 Å². The first-order valence-electron chi connectivity index (χ1n) is 8.77. The number of amides is 1. The van der Waals surface area contributed by atoms with Crippen molar-refractivity contribution in [2.24, 2.45) is 0 Å². The smallest absolute Gasteiger partial charge is 0.339 e. The second-order valence-electron chi connectivity index (χ2n) is 7.08. The highest BCUT2D eigenvalue weighted by Gasteiger charge is 2.17. The maximum Gasteiger partial charge on any atom is 0.339 e. The molecule has 0 fully saturated rings. The second kappa shape index (κ2) is 8.95. The zero-order valence-electron chi connectivity index (χ0n) is 16.1. The molecule has 0 heterocycles. The Balaban J connectivity index is 1.96. The molecule has 0 bridgehead atoms. The molecule has 1 atom stereocenters. The van der Waals surface area contributed by atoms with E-state index in [1.807, 2.05) is 24.3 Å². The van der Waals surface area contributed by atoms with E-state index >= 15 is 0 Å². The number of carbonyl (C=O) groups is 2. The number of carbonyl (C=O) groups excluding carboxylic acids is 2. The minimum atomic E-state index is -1.28. The van der Waals surface area contributed by atoms with Crippen LogP contribution in [0.1, 0.15) is 43.6 Å². The Kier molecular flexibility index (Phi) is 6.91. The fourth-order valence-corrected chi connectivity index (χ4v) is 3.39. The van der Waals surface area contributed by atoms with Crippen molar-refractivity contribution in [1.82, 2.24) is 0 Å². The first-order valence-corrected chi connectivity index (χ1v) is 10.1. The summed E-state index contributed by atoms with van der Waals surface area (Å²) in [5.41, 5.74) is 2.05. The van der Waals surface area contributed by atoms with Crippen LogP contribution in [0.25, 0.3) is 0 Å². The normalized spacial score (nSPS) is 12.3. The number of nitrogens with one attached hydrogen (secondary N) is 1. The van der Waals surface area contributed by atoms with Crippen LogP contribution in [0.15, 0.2) is 53.4 Å². The van der Waals surface area contributed by atoms with Gasteiger partial charge in [0.2, 0.25) is 0 Å². The van der Waals surface area contributed by atoms with E-state index in [0.29, 0.717) is 16.3 Å². The first kappa shape index (κ1) is 20.8. The third kappa shape index (κ3) is 5.76. The number of esters is 1. The molecule has 144 valence electrons. The monoisotopic (exact) mass is 387 g/mol. The maximum atomic E-state index is 12.3. The Labute approximate surface area is 162 Å². The van der Waals surface area contributed by atoms with Gasteiger partial charge in [-0.05, 0) is 35.2 Å². The van der Waals surface area contributed by atoms with Gasteiger partial charge in [0.1, 0.15) is 0 Å². The van der Waals surface area contributed by atoms with Crippen molar-refractivity contribution in [1.29, 1.82) is 0 Å². The van der Waals surface area contributed by atoms with Crippen LogP contribution in [0.4, 0.5) is 5.69 Å². The summed E-state index contributed by atoms with van der Waals surface area (Å²) in [4.78, 5) is 24.7. The van der Waals surface area contributed by atoms with Crippen LogP contribution in [0.2, 0.25) is 0 Å². The molecule has 0 saturated carbocycles. The third-order valence-electron chi connectivity index (χ3n) is 3.98. The number of rotatable bonds is 6. The van der Waals surface area contributed by atoms with Gasteiger partial charge in [-0.25, -0.2) is 4.79 Å². The predicted molar refractivity (Wildman–Crippen MR) is 107 cm³/mol. The largest absolute Gasteiger partial charge is 0.452 e. The van der Waals surface area contributed by atoms with Crippen molar-refractivity contribution in [3.05, 3.63) is 59.7 Å². The number of anilines is 1. The molecule has 0 spiro atoms. The van der Waals surface area contributed by atoms with Crippen molar-refractivity contribution in [2.45, 2.75) is 38.0 Å². The van der Waals surface area contributed by atoms with E-state index < -0.39 is 29.3 Å². The van der Waals surface area contributed by atoms with Crippen LogP contribution in [0.5, 0.6) is 0 Å². The molecular formula is C21H25NO4S. The predicted octanol–water partition coefficient (Wildman–Crippen LogP) is 3.91. The summed E-state index contributed by atoms with van der Waals surface area (Å²) in [6.45, 7) is 7.71. The lowest BCUT2D eigenvalue weighted by Gasteiger charge is -2.19. The van der Waals surface area contributed by atoms with Crippen molar-refractivity contribution < 1.29 is 18.5 Å². The highest BCUT2D eigenvalue weighted by atomic mass is 32.2. The van der Waals surface area contributed by atoms with E-state index in [2.05, 4.69) is 26.1 Å². The summed E-state index contributed by atoms with van der Waals surface area (Å²) in [7, 11) is -1.28. The Morgan fingerprint density at radius 3 is 2.26 bits per heavy atom. The van der Waals surface area contributed by atoms with Gasteiger partial charge in [0.15, 0.2) is 6.61 Å². The first-order chi connectivity index (χ1) is 12.7. The molecule has 0 aliphatic heterocycles. The molecule has 2 rings (SSSR count). The zero-order chi connectivity index (χ0) is 20.0. The molecule has 0 saturated heterocycles. The van der Waals surface area contributed by atoms with Gasteiger partial charge in [-0.1, -0.05) is 52.0 Å². The molecule has 2 aromatic rings. The van der Waals surface area contributed by atoms with Gasteiger partial charge >= 0.3 is 5.97 Å². The summed E-state index contributed by atoms with van der Waals surface area (Å²) in [6, 6.07) is 14.1. The van der Waals surface area contributed by atoms with Crippen molar-refractivity contribution in [2.75, 3.05) is 17.7 Å². The molecule has 0 aromatic heterocycles. The summed E-state index contributed by atoms with van der Waals surface area (Å²) in [5.74, 6) is -0.693. The second-order valence-corrected chi connectivity index (χ2v) is 8.79. The van der Waals surface area contributed by atoms with Crippen molar-refractivity contribution in [3.63, 3.8) is 0 Å². The van der Waals surface area contributed by atoms with Gasteiger partial charge in [0.25, 0.3) is 5.91 Å². The number of hydrogen-bond donors (Lipinski definition) is 1. The summed E-state index contributed by atoms with van der Waals surface area (Å²) >= 11 is 0. The Morgan fingerprint density at radius 2 is 1.67 bits per heavy atom. The topological polar surface area (TPSA) is 72.5 Å². The molecular weight excluding hydrogens is 362 g/mol. The minimum Gasteiger partial charge on any atom is -0.452 e. The summed E-state index contributed by atoms with van der Waals surface area (Å²) in [6.07, 6.45) is 0. The van der Waals surface area contributed by atoms with Gasteiger partial charge in [-0.15, -0.1) is 0 Å². The van der Waals surface area contributed by atoms with Crippen LogP contribution in [-0.2, 0) is 25.7 Å². The van der Waals surface area contributed by atoms with Crippen molar-refractivity contribution >= 4 is 28.4 Å². The molecule has 0 unspecified atom stereocenters. The molecule has 0 aliphatic carbocycles. The van der Waals surface area contributed by atoms with E-state index in [9.17, 15) is 13.8 Å². The van der Waals surface area contributed by atoms with Crippen LogP contribution in [0, 0.1) is 0 Å². The molecule has 0 radical (unpaired) electrons. The number of benzene rings is 2. The highest BCUT2D eigenvalue weighted by molar-refractivity contribution is 7.85. The molecule has 6 heteroatoms. The van der Waals surface area contributed by atoms with E-state index in [1.54, 1.807) is 31.2 Å².